The third-order valence-electron chi connectivity index (χ3n) is 5.29. The molecule has 1 aliphatic heterocycles. The molecule has 0 saturated carbocycles. The minimum Gasteiger partial charge on any atom is -0.372 e. The Balaban J connectivity index is 1.50. The van der Waals surface area contributed by atoms with Gasteiger partial charge in [-0.15, -0.1) is 0 Å². The minimum atomic E-state index is -0.299. The molecule has 0 aliphatic carbocycles. The molecule has 1 amide bonds. The van der Waals surface area contributed by atoms with Gasteiger partial charge in [0.05, 0.1) is 6.42 Å². The van der Waals surface area contributed by atoms with Crippen LogP contribution in [0.25, 0.3) is 6.08 Å². The van der Waals surface area contributed by atoms with E-state index in [0.717, 1.165) is 29.9 Å². The molecule has 4 nitrogen and oxygen atoms in total. The first-order valence-electron chi connectivity index (χ1n) is 10.7. The van der Waals surface area contributed by atoms with E-state index in [4.69, 9.17) is 0 Å². The van der Waals surface area contributed by atoms with Gasteiger partial charge >= 0.3 is 0 Å². The number of hydrogen-bond donors (Lipinski definition) is 1. The number of halogens is 1. The first-order valence-corrected chi connectivity index (χ1v) is 10.7. The summed E-state index contributed by atoms with van der Waals surface area (Å²) in [6.45, 7) is 4.58. The molecule has 0 atom stereocenters. The smallest absolute Gasteiger partial charge is 0.225 e. The molecule has 0 bridgehead atoms. The van der Waals surface area contributed by atoms with Gasteiger partial charge in [-0.05, 0) is 67.2 Å². The van der Waals surface area contributed by atoms with Crippen molar-refractivity contribution in [2.75, 3.05) is 18.0 Å². The Morgan fingerprint density at radius 2 is 1.90 bits per heavy atom. The number of rotatable bonds is 8. The van der Waals surface area contributed by atoms with Gasteiger partial charge in [-0.2, -0.15) is 0 Å². The molecule has 1 heterocycles. The topological polar surface area (TPSA) is 44.7 Å². The molecule has 0 unspecified atom stereocenters. The largest absolute Gasteiger partial charge is 0.372 e. The van der Waals surface area contributed by atoms with Crippen LogP contribution < -0.4 is 10.2 Å². The standard InChI is InChI=1S/C25H30FN3O/c1-2-23(18-25(30)28-19-21-7-6-8-22(26)17-21)27-14-13-20-9-11-24(12-10-20)29-15-4-3-5-16-29/h6-14,17H,2-5,15-16,18-19H2,1H3,(H,28,30)/b14-13+,27-23?. The van der Waals surface area contributed by atoms with E-state index in [1.165, 1.54) is 37.1 Å². The van der Waals surface area contributed by atoms with Gasteiger partial charge in [0, 0.05) is 37.2 Å². The van der Waals surface area contributed by atoms with E-state index in [0.29, 0.717) is 13.0 Å². The van der Waals surface area contributed by atoms with E-state index in [9.17, 15) is 9.18 Å². The van der Waals surface area contributed by atoms with Crippen LogP contribution in [0.15, 0.2) is 59.7 Å². The molecule has 1 N–H and O–H groups in total. The lowest BCUT2D eigenvalue weighted by molar-refractivity contribution is -0.120. The van der Waals surface area contributed by atoms with Gasteiger partial charge < -0.3 is 10.2 Å². The molecule has 158 valence electrons. The highest BCUT2D eigenvalue weighted by Gasteiger charge is 2.10. The van der Waals surface area contributed by atoms with Crippen molar-refractivity contribution in [3.63, 3.8) is 0 Å². The number of benzene rings is 2. The normalized spacial score (nSPS) is 14.9. The zero-order valence-electron chi connectivity index (χ0n) is 17.6. The van der Waals surface area contributed by atoms with Crippen molar-refractivity contribution in [3.05, 3.63) is 71.7 Å². The fourth-order valence-corrected chi connectivity index (χ4v) is 3.53. The maximum atomic E-state index is 13.2. The third kappa shape index (κ3) is 6.83. The highest BCUT2D eigenvalue weighted by Crippen LogP contribution is 2.20. The van der Waals surface area contributed by atoms with Crippen molar-refractivity contribution in [1.82, 2.24) is 5.32 Å². The lowest BCUT2D eigenvalue weighted by Crippen LogP contribution is -2.29. The van der Waals surface area contributed by atoms with Crippen molar-refractivity contribution in [2.45, 2.75) is 45.6 Å². The number of hydrogen-bond acceptors (Lipinski definition) is 3. The van der Waals surface area contributed by atoms with Crippen LogP contribution in [-0.4, -0.2) is 24.7 Å². The quantitative estimate of drug-likeness (QED) is 0.600. The summed E-state index contributed by atoms with van der Waals surface area (Å²) in [4.78, 5) is 19.1. The molecular formula is C25H30FN3O. The third-order valence-corrected chi connectivity index (χ3v) is 5.29. The van der Waals surface area contributed by atoms with Gasteiger partial charge in [0.2, 0.25) is 5.91 Å². The summed E-state index contributed by atoms with van der Waals surface area (Å²) in [5, 5.41) is 2.82. The second kappa shape index (κ2) is 11.3. The number of carbonyl (C=O) groups excluding carboxylic acids is 1. The molecule has 2 aromatic rings. The molecule has 1 saturated heterocycles. The Kier molecular flexibility index (Phi) is 8.19. The summed E-state index contributed by atoms with van der Waals surface area (Å²) in [7, 11) is 0. The van der Waals surface area contributed by atoms with Gasteiger partial charge in [-0.3, -0.25) is 9.79 Å². The van der Waals surface area contributed by atoms with Crippen molar-refractivity contribution < 1.29 is 9.18 Å². The Hall–Kier alpha value is -2.95. The maximum absolute atomic E-state index is 13.2. The summed E-state index contributed by atoms with van der Waals surface area (Å²) in [6, 6.07) is 14.8. The zero-order chi connectivity index (χ0) is 21.2. The van der Waals surface area contributed by atoms with E-state index < -0.39 is 0 Å². The number of carbonyl (C=O) groups is 1. The molecule has 0 spiro atoms. The van der Waals surface area contributed by atoms with Gasteiger partial charge in [-0.25, -0.2) is 4.39 Å². The second-order valence-corrected chi connectivity index (χ2v) is 7.59. The maximum Gasteiger partial charge on any atom is 0.225 e. The number of anilines is 1. The molecule has 30 heavy (non-hydrogen) atoms. The van der Waals surface area contributed by atoms with Crippen LogP contribution in [0.1, 0.15) is 50.2 Å². The SMILES string of the molecule is CCC(CC(=O)NCc1cccc(F)c1)=N/C=C/c1ccc(N2CCCCC2)cc1. The van der Waals surface area contributed by atoms with E-state index in [1.807, 2.05) is 13.0 Å². The molecule has 5 heteroatoms. The first kappa shape index (κ1) is 21.8. The number of piperidine rings is 1. The first-order chi connectivity index (χ1) is 14.6. The molecule has 0 radical (unpaired) electrons. The predicted octanol–water partition coefficient (Wildman–Crippen LogP) is 5.34. The fourth-order valence-electron chi connectivity index (χ4n) is 3.53. The lowest BCUT2D eigenvalue weighted by Gasteiger charge is -2.28. The van der Waals surface area contributed by atoms with E-state index in [1.54, 1.807) is 18.3 Å². The predicted molar refractivity (Wildman–Crippen MR) is 122 cm³/mol. The van der Waals surface area contributed by atoms with Crippen LogP contribution in [0.3, 0.4) is 0 Å². The summed E-state index contributed by atoms with van der Waals surface area (Å²) in [5.41, 5.74) is 3.92. The molecule has 1 aliphatic rings. The van der Waals surface area contributed by atoms with Crippen molar-refractivity contribution >= 4 is 23.4 Å². The van der Waals surface area contributed by atoms with Crippen LogP contribution in [-0.2, 0) is 11.3 Å². The van der Waals surface area contributed by atoms with Gasteiger partial charge in [0.15, 0.2) is 0 Å². The number of aliphatic imine (C=N–C) groups is 1. The second-order valence-electron chi connectivity index (χ2n) is 7.59. The van der Waals surface area contributed by atoms with E-state index in [-0.39, 0.29) is 18.1 Å². The highest BCUT2D eigenvalue weighted by atomic mass is 19.1. The summed E-state index contributed by atoms with van der Waals surface area (Å²) < 4.78 is 13.2. The highest BCUT2D eigenvalue weighted by molar-refractivity contribution is 6.01. The Labute approximate surface area is 178 Å². The Bertz CT molecular complexity index is 884. The van der Waals surface area contributed by atoms with Gasteiger partial charge in [-0.1, -0.05) is 31.2 Å². The molecular weight excluding hydrogens is 377 g/mol. The van der Waals surface area contributed by atoms with Crippen LogP contribution in [0.5, 0.6) is 0 Å². The zero-order valence-corrected chi connectivity index (χ0v) is 17.6. The molecule has 1 fully saturated rings. The average Bonchev–Trinajstić information content (AvgIpc) is 2.78. The average molecular weight is 408 g/mol. The van der Waals surface area contributed by atoms with Crippen molar-refractivity contribution in [1.29, 1.82) is 0 Å². The molecule has 2 aromatic carbocycles. The lowest BCUT2D eigenvalue weighted by atomic mass is 10.1. The van der Waals surface area contributed by atoms with Crippen molar-refractivity contribution in [3.8, 4) is 0 Å². The molecule has 0 aromatic heterocycles. The molecule has 3 rings (SSSR count). The van der Waals surface area contributed by atoms with Crippen LogP contribution in [0, 0.1) is 5.82 Å². The monoisotopic (exact) mass is 407 g/mol. The Morgan fingerprint density at radius 3 is 2.60 bits per heavy atom. The number of amides is 1. The van der Waals surface area contributed by atoms with Gasteiger partial charge in [0.1, 0.15) is 5.82 Å². The Morgan fingerprint density at radius 1 is 1.13 bits per heavy atom. The van der Waals surface area contributed by atoms with Crippen molar-refractivity contribution in [2.24, 2.45) is 4.99 Å². The summed E-state index contributed by atoms with van der Waals surface area (Å²) in [5.74, 6) is -0.411. The van der Waals surface area contributed by atoms with Crippen LogP contribution >= 0.6 is 0 Å². The summed E-state index contributed by atoms with van der Waals surface area (Å²) in [6.07, 6.45) is 8.53. The fraction of sp³-hybridized carbons (Fsp3) is 0.360. The van der Waals surface area contributed by atoms with Crippen LogP contribution in [0.4, 0.5) is 10.1 Å². The minimum absolute atomic E-state index is 0.112. The van der Waals surface area contributed by atoms with Gasteiger partial charge in [0.25, 0.3) is 0 Å². The number of nitrogens with one attached hydrogen (secondary N) is 1. The number of nitrogens with zero attached hydrogens (tertiary/aromatic N) is 2. The summed E-state index contributed by atoms with van der Waals surface area (Å²) >= 11 is 0. The van der Waals surface area contributed by atoms with Crippen LogP contribution in [0.2, 0.25) is 0 Å². The van der Waals surface area contributed by atoms with E-state index >= 15 is 0 Å². The van der Waals surface area contributed by atoms with E-state index in [2.05, 4.69) is 39.5 Å².